The summed E-state index contributed by atoms with van der Waals surface area (Å²) < 4.78 is 12.4. The van der Waals surface area contributed by atoms with Crippen LogP contribution in [0.4, 0.5) is 5.69 Å². The van der Waals surface area contributed by atoms with Gasteiger partial charge in [-0.25, -0.2) is 4.79 Å². The Hall–Kier alpha value is -3.59. The zero-order valence-corrected chi connectivity index (χ0v) is 20.2. The van der Waals surface area contributed by atoms with Crippen molar-refractivity contribution in [2.24, 2.45) is 5.92 Å². The third-order valence-electron chi connectivity index (χ3n) is 7.17. The Morgan fingerprint density at radius 3 is 2.80 bits per heavy atom. The molecule has 0 saturated carbocycles. The van der Waals surface area contributed by atoms with Gasteiger partial charge in [0.1, 0.15) is 11.4 Å². The van der Waals surface area contributed by atoms with E-state index in [1.807, 2.05) is 23.6 Å². The molecule has 2 bridgehead atoms. The average molecular weight is 479 g/mol. The Balaban J connectivity index is 1.41. The molecule has 184 valence electrons. The first-order valence-corrected chi connectivity index (χ1v) is 12.0. The number of carbonyl (C=O) groups excluding carboxylic acids is 2. The summed E-state index contributed by atoms with van der Waals surface area (Å²) in [6.45, 7) is 5.95. The molecule has 2 aliphatic rings. The standard InChI is InChI=1S/C26H30N4O5/c1-4-35-26(33)24-23(19-11-18(34-3)8-9-20(19)27-24)28-25(32)15(2)29-12-16-10-17(14-29)21-6-5-7-22(31)30(21)13-16/h5-9,11,15-17,27H,4,10,12-14H2,1-3H3,(H,28,32)/t15-,16+,17-/m1/s1. The number of ether oxygens (including phenoxy) is 2. The zero-order chi connectivity index (χ0) is 24.7. The number of H-pyrrole nitrogens is 1. The number of likely N-dealkylation sites (tertiary alicyclic amines) is 1. The Morgan fingerprint density at radius 1 is 1.20 bits per heavy atom. The van der Waals surface area contributed by atoms with Crippen LogP contribution in [0, 0.1) is 5.92 Å². The Kier molecular flexibility index (Phi) is 6.10. The van der Waals surface area contributed by atoms with Gasteiger partial charge in [0.25, 0.3) is 5.56 Å². The van der Waals surface area contributed by atoms with Gasteiger partial charge >= 0.3 is 5.97 Å². The van der Waals surface area contributed by atoms with Gasteiger partial charge < -0.3 is 24.3 Å². The molecule has 9 nitrogen and oxygen atoms in total. The van der Waals surface area contributed by atoms with Crippen LogP contribution >= 0.6 is 0 Å². The van der Waals surface area contributed by atoms with E-state index in [2.05, 4.69) is 15.2 Å². The molecule has 2 aromatic heterocycles. The van der Waals surface area contributed by atoms with Crippen LogP contribution in [0.1, 0.15) is 42.4 Å². The lowest BCUT2D eigenvalue weighted by Gasteiger charge is -2.44. The van der Waals surface area contributed by atoms with Crippen molar-refractivity contribution < 1.29 is 19.1 Å². The number of fused-ring (bicyclic) bond motifs is 5. The van der Waals surface area contributed by atoms with Crippen LogP contribution in [0.15, 0.2) is 41.2 Å². The van der Waals surface area contributed by atoms with E-state index < -0.39 is 12.0 Å². The highest BCUT2D eigenvalue weighted by atomic mass is 16.5. The number of carbonyl (C=O) groups is 2. The third-order valence-corrected chi connectivity index (χ3v) is 7.17. The number of piperidine rings is 1. The maximum atomic E-state index is 13.5. The van der Waals surface area contributed by atoms with E-state index in [9.17, 15) is 14.4 Å². The number of hydrogen-bond acceptors (Lipinski definition) is 6. The maximum Gasteiger partial charge on any atom is 0.356 e. The molecule has 1 aromatic carbocycles. The number of aromatic nitrogens is 2. The van der Waals surface area contributed by atoms with Crippen molar-refractivity contribution in [3.63, 3.8) is 0 Å². The molecule has 0 spiro atoms. The number of esters is 1. The van der Waals surface area contributed by atoms with Crippen molar-refractivity contribution in [3.05, 3.63) is 58.1 Å². The summed E-state index contributed by atoms with van der Waals surface area (Å²) in [4.78, 5) is 43.7. The van der Waals surface area contributed by atoms with E-state index >= 15 is 0 Å². The number of methoxy groups -OCH3 is 1. The lowest BCUT2D eigenvalue weighted by Crippen LogP contribution is -2.52. The van der Waals surface area contributed by atoms with E-state index in [1.165, 1.54) is 0 Å². The number of amides is 1. The first-order chi connectivity index (χ1) is 16.9. The Bertz CT molecular complexity index is 1340. The summed E-state index contributed by atoms with van der Waals surface area (Å²) in [5, 5.41) is 3.67. The van der Waals surface area contributed by atoms with E-state index in [-0.39, 0.29) is 29.7 Å². The second kappa shape index (κ2) is 9.22. The molecule has 35 heavy (non-hydrogen) atoms. The maximum absolute atomic E-state index is 13.5. The van der Waals surface area contributed by atoms with Crippen molar-refractivity contribution in [3.8, 4) is 5.75 Å². The molecule has 2 N–H and O–H groups in total. The molecule has 3 aromatic rings. The predicted octanol–water partition coefficient (Wildman–Crippen LogP) is 2.96. The normalized spacial score (nSPS) is 20.2. The molecule has 2 aliphatic heterocycles. The summed E-state index contributed by atoms with van der Waals surface area (Å²) in [7, 11) is 1.57. The van der Waals surface area contributed by atoms with Gasteiger partial charge in [-0.2, -0.15) is 0 Å². The number of nitrogens with zero attached hydrogens (tertiary/aromatic N) is 2. The zero-order valence-electron chi connectivity index (χ0n) is 20.2. The second-order valence-corrected chi connectivity index (χ2v) is 9.32. The molecule has 9 heteroatoms. The monoisotopic (exact) mass is 478 g/mol. The first kappa shape index (κ1) is 23.2. The summed E-state index contributed by atoms with van der Waals surface area (Å²) in [6, 6.07) is 10.4. The number of nitrogens with one attached hydrogen (secondary N) is 2. The van der Waals surface area contributed by atoms with Gasteiger partial charge in [-0.3, -0.25) is 14.5 Å². The highest BCUT2D eigenvalue weighted by molar-refractivity contribution is 6.12. The lowest BCUT2D eigenvalue weighted by atomic mass is 9.82. The summed E-state index contributed by atoms with van der Waals surface area (Å²) in [5.74, 6) is 0.404. The average Bonchev–Trinajstić information content (AvgIpc) is 3.21. The van der Waals surface area contributed by atoms with Crippen LogP contribution in [-0.4, -0.2) is 59.2 Å². The smallest absolute Gasteiger partial charge is 0.356 e. The Labute approximate surface area is 203 Å². The minimum absolute atomic E-state index is 0.0395. The topological polar surface area (TPSA) is 106 Å². The molecule has 3 atom stereocenters. The minimum atomic E-state index is -0.528. The molecular formula is C26H30N4O5. The fraction of sp³-hybridized carbons (Fsp3) is 0.423. The molecule has 1 saturated heterocycles. The number of benzene rings is 1. The number of anilines is 1. The van der Waals surface area contributed by atoms with Crippen LogP contribution in [0.5, 0.6) is 5.75 Å². The minimum Gasteiger partial charge on any atom is -0.497 e. The van der Waals surface area contributed by atoms with Crippen molar-refractivity contribution in [1.29, 1.82) is 0 Å². The molecule has 5 rings (SSSR count). The van der Waals surface area contributed by atoms with Gasteiger partial charge in [0.15, 0.2) is 0 Å². The summed E-state index contributed by atoms with van der Waals surface area (Å²) in [6.07, 6.45) is 1.02. The van der Waals surface area contributed by atoms with Crippen LogP contribution < -0.4 is 15.6 Å². The lowest BCUT2D eigenvalue weighted by molar-refractivity contribution is -0.121. The number of pyridine rings is 1. The molecule has 0 unspecified atom stereocenters. The molecule has 4 heterocycles. The largest absolute Gasteiger partial charge is 0.497 e. The van der Waals surface area contributed by atoms with Crippen molar-refractivity contribution >= 4 is 28.5 Å². The van der Waals surface area contributed by atoms with Gasteiger partial charge in [0, 0.05) is 48.2 Å². The highest BCUT2D eigenvalue weighted by Crippen LogP contribution is 2.36. The van der Waals surface area contributed by atoms with E-state index in [4.69, 9.17) is 9.47 Å². The van der Waals surface area contributed by atoms with Gasteiger partial charge in [0.2, 0.25) is 5.91 Å². The fourth-order valence-corrected chi connectivity index (χ4v) is 5.43. The van der Waals surface area contributed by atoms with Crippen molar-refractivity contribution in [1.82, 2.24) is 14.5 Å². The molecule has 1 fully saturated rings. The van der Waals surface area contributed by atoms with Gasteiger partial charge in [-0.1, -0.05) is 6.07 Å². The van der Waals surface area contributed by atoms with E-state index in [1.54, 1.807) is 38.3 Å². The molecular weight excluding hydrogens is 448 g/mol. The SMILES string of the molecule is CCOC(=O)c1[nH]c2ccc(OC)cc2c1NC(=O)[C@@H](C)N1C[C@@H]2C[C@H](C1)c1cccc(=O)n1C2. The molecule has 0 aliphatic carbocycles. The summed E-state index contributed by atoms with van der Waals surface area (Å²) >= 11 is 0. The predicted molar refractivity (Wildman–Crippen MR) is 132 cm³/mol. The van der Waals surface area contributed by atoms with Crippen LogP contribution in [-0.2, 0) is 16.1 Å². The quantitative estimate of drug-likeness (QED) is 0.528. The van der Waals surface area contributed by atoms with Crippen LogP contribution in [0.25, 0.3) is 10.9 Å². The third kappa shape index (κ3) is 4.20. The summed E-state index contributed by atoms with van der Waals surface area (Å²) in [5.41, 5.74) is 2.38. The van der Waals surface area contributed by atoms with Gasteiger partial charge in [0.05, 0.1) is 25.4 Å². The molecule has 0 radical (unpaired) electrons. The van der Waals surface area contributed by atoms with Crippen molar-refractivity contribution in [2.45, 2.75) is 38.8 Å². The van der Waals surface area contributed by atoms with Crippen molar-refractivity contribution in [2.75, 3.05) is 32.1 Å². The number of rotatable bonds is 6. The Morgan fingerprint density at radius 2 is 2.03 bits per heavy atom. The van der Waals surface area contributed by atoms with Gasteiger partial charge in [-0.15, -0.1) is 0 Å². The number of aromatic amines is 1. The van der Waals surface area contributed by atoms with E-state index in [0.29, 0.717) is 41.3 Å². The van der Waals surface area contributed by atoms with Crippen LogP contribution in [0.3, 0.4) is 0 Å². The van der Waals surface area contributed by atoms with Crippen LogP contribution in [0.2, 0.25) is 0 Å². The van der Waals surface area contributed by atoms with E-state index in [0.717, 1.165) is 18.7 Å². The first-order valence-electron chi connectivity index (χ1n) is 12.0. The second-order valence-electron chi connectivity index (χ2n) is 9.32. The highest BCUT2D eigenvalue weighted by Gasteiger charge is 2.37. The fourth-order valence-electron chi connectivity index (χ4n) is 5.43. The molecule has 1 amide bonds. The number of hydrogen-bond donors (Lipinski definition) is 2. The van der Waals surface area contributed by atoms with Gasteiger partial charge in [-0.05, 0) is 50.5 Å².